The molecule has 152 valence electrons. The number of carbonyl (C=O) groups excluding carboxylic acids is 3. The predicted molar refractivity (Wildman–Crippen MR) is 93.0 cm³/mol. The van der Waals surface area contributed by atoms with Crippen LogP contribution in [0.4, 0.5) is 0 Å². The molecule has 8 unspecified atom stereocenters. The molecule has 0 aromatic heterocycles. The molecule has 0 bridgehead atoms. The topological polar surface area (TPSA) is 91.4 Å². The number of carbonyl (C=O) groups is 3. The summed E-state index contributed by atoms with van der Waals surface area (Å²) in [6.45, 7) is 6.65. The molecule has 0 N–H and O–H groups in total. The van der Waals surface area contributed by atoms with Gasteiger partial charge in [0.25, 0.3) is 0 Å². The molecule has 6 aliphatic rings. The second-order valence-corrected chi connectivity index (χ2v) is 10.3. The first-order chi connectivity index (χ1) is 13.2. The van der Waals surface area contributed by atoms with Crippen LogP contribution in [-0.2, 0) is 33.3 Å². The van der Waals surface area contributed by atoms with E-state index in [0.29, 0.717) is 13.0 Å². The minimum atomic E-state index is -0.789. The van der Waals surface area contributed by atoms with Crippen molar-refractivity contribution < 1.29 is 33.3 Å². The number of esters is 2. The number of hydrogen-bond donors (Lipinski definition) is 0. The normalized spacial score (nSPS) is 55.7. The van der Waals surface area contributed by atoms with Crippen LogP contribution in [0.5, 0.6) is 0 Å². The second kappa shape index (κ2) is 4.81. The standard InChI is InChI=1S/C21H26O7/c1-18(2)12-6-13(22)19(3)11(20(12)9-26-15(23)7-14(20)27-18)5-4-10-8-25-17(24)16-21(10,19)28-16/h10-12,14,16H,4-9H2,1-3H3. The van der Waals surface area contributed by atoms with Gasteiger partial charge in [-0.15, -0.1) is 0 Å². The van der Waals surface area contributed by atoms with Crippen LogP contribution in [0.3, 0.4) is 0 Å². The van der Waals surface area contributed by atoms with Crippen molar-refractivity contribution in [3.05, 3.63) is 0 Å². The summed E-state index contributed by atoms with van der Waals surface area (Å²) in [6.07, 6.45) is 1.36. The van der Waals surface area contributed by atoms with Gasteiger partial charge in [-0.3, -0.25) is 9.59 Å². The Kier molecular flexibility index (Phi) is 2.99. The lowest BCUT2D eigenvalue weighted by Gasteiger charge is -2.61. The van der Waals surface area contributed by atoms with E-state index in [0.717, 1.165) is 12.8 Å². The lowest BCUT2D eigenvalue weighted by atomic mass is 9.40. The average Bonchev–Trinajstić information content (AvgIpc) is 3.35. The summed E-state index contributed by atoms with van der Waals surface area (Å²) in [5, 5.41) is 0. The van der Waals surface area contributed by atoms with Gasteiger partial charge in [-0.2, -0.15) is 0 Å². The molecule has 0 aromatic carbocycles. The van der Waals surface area contributed by atoms with Crippen LogP contribution in [0.1, 0.15) is 46.5 Å². The Morgan fingerprint density at radius 2 is 1.71 bits per heavy atom. The van der Waals surface area contributed by atoms with Crippen molar-refractivity contribution in [3.63, 3.8) is 0 Å². The Morgan fingerprint density at radius 1 is 0.929 bits per heavy atom. The number of rotatable bonds is 0. The van der Waals surface area contributed by atoms with Crippen molar-refractivity contribution in [1.82, 2.24) is 0 Å². The fourth-order valence-electron chi connectivity index (χ4n) is 8.01. The van der Waals surface area contributed by atoms with Crippen LogP contribution < -0.4 is 0 Å². The largest absolute Gasteiger partial charge is 0.465 e. The van der Waals surface area contributed by atoms with Crippen LogP contribution in [0.2, 0.25) is 0 Å². The number of cyclic esters (lactones) is 2. The van der Waals surface area contributed by atoms with E-state index in [4.69, 9.17) is 18.9 Å². The minimum absolute atomic E-state index is 0.00985. The van der Waals surface area contributed by atoms with Crippen molar-refractivity contribution in [3.8, 4) is 0 Å². The smallest absolute Gasteiger partial charge is 0.338 e. The van der Waals surface area contributed by atoms with Gasteiger partial charge < -0.3 is 18.9 Å². The highest BCUT2D eigenvalue weighted by Gasteiger charge is 2.85. The van der Waals surface area contributed by atoms with Gasteiger partial charge in [0.2, 0.25) is 0 Å². The maximum absolute atomic E-state index is 13.7. The third-order valence-corrected chi connectivity index (χ3v) is 9.19. The first-order valence-corrected chi connectivity index (χ1v) is 10.4. The van der Waals surface area contributed by atoms with Gasteiger partial charge in [0.1, 0.15) is 18.0 Å². The van der Waals surface area contributed by atoms with E-state index in [2.05, 4.69) is 0 Å². The summed E-state index contributed by atoms with van der Waals surface area (Å²) >= 11 is 0. The molecule has 2 aliphatic carbocycles. The van der Waals surface area contributed by atoms with Crippen molar-refractivity contribution in [2.45, 2.75) is 69.9 Å². The summed E-state index contributed by atoms with van der Waals surface area (Å²) in [5.41, 5.74) is -2.46. The molecule has 0 aromatic rings. The number of hydrogen-bond acceptors (Lipinski definition) is 7. The van der Waals surface area contributed by atoms with Gasteiger partial charge in [-0.1, -0.05) is 0 Å². The Hall–Kier alpha value is -1.47. The number of Topliss-reactive ketones (excluding diaryl/α,β-unsaturated/α-hetero) is 1. The lowest BCUT2D eigenvalue weighted by Crippen LogP contribution is -2.70. The van der Waals surface area contributed by atoms with Gasteiger partial charge in [0, 0.05) is 23.7 Å². The molecule has 4 saturated heterocycles. The molecular formula is C21H26O7. The zero-order valence-corrected chi connectivity index (χ0v) is 16.5. The van der Waals surface area contributed by atoms with Crippen LogP contribution in [0, 0.1) is 28.6 Å². The SMILES string of the molecule is CC1(C)OC2CC(=O)OCC23C1CC(=O)C1(C)C3CCC2COC(=O)C3OC231. The summed E-state index contributed by atoms with van der Waals surface area (Å²) in [4.78, 5) is 38.1. The molecule has 4 aliphatic heterocycles. The highest BCUT2D eigenvalue weighted by molar-refractivity contribution is 5.92. The quantitative estimate of drug-likeness (QED) is 0.456. The highest BCUT2D eigenvalue weighted by Crippen LogP contribution is 2.74. The molecule has 6 fully saturated rings. The zero-order valence-electron chi connectivity index (χ0n) is 16.5. The summed E-state index contributed by atoms with van der Waals surface area (Å²) < 4.78 is 23.4. The molecule has 6 rings (SSSR count). The number of ketones is 1. The second-order valence-electron chi connectivity index (χ2n) is 10.3. The number of ether oxygens (including phenoxy) is 4. The van der Waals surface area contributed by atoms with Crippen LogP contribution in [-0.4, -0.2) is 54.3 Å². The molecule has 2 spiro atoms. The maximum Gasteiger partial charge on any atom is 0.338 e. The molecule has 28 heavy (non-hydrogen) atoms. The monoisotopic (exact) mass is 390 g/mol. The number of fused-ring (bicyclic) bond motifs is 1. The van der Waals surface area contributed by atoms with Gasteiger partial charge in [0.05, 0.1) is 30.1 Å². The van der Waals surface area contributed by atoms with E-state index in [9.17, 15) is 14.4 Å². The van der Waals surface area contributed by atoms with E-state index in [-0.39, 0.29) is 54.6 Å². The first-order valence-electron chi connectivity index (χ1n) is 10.4. The number of epoxide rings is 1. The van der Waals surface area contributed by atoms with Gasteiger partial charge in [-0.25, -0.2) is 4.79 Å². The van der Waals surface area contributed by atoms with Crippen molar-refractivity contribution >= 4 is 17.7 Å². The molecule has 8 atom stereocenters. The first kappa shape index (κ1) is 17.4. The third kappa shape index (κ3) is 1.62. The van der Waals surface area contributed by atoms with Crippen molar-refractivity contribution in [2.24, 2.45) is 28.6 Å². The predicted octanol–water partition coefficient (Wildman–Crippen LogP) is 1.41. The van der Waals surface area contributed by atoms with Crippen LogP contribution in [0.15, 0.2) is 0 Å². The van der Waals surface area contributed by atoms with Crippen molar-refractivity contribution in [1.29, 1.82) is 0 Å². The summed E-state index contributed by atoms with van der Waals surface area (Å²) in [5.74, 6) is -0.431. The summed E-state index contributed by atoms with van der Waals surface area (Å²) in [7, 11) is 0. The van der Waals surface area contributed by atoms with E-state index < -0.39 is 28.1 Å². The Balaban J connectivity index is 1.52. The molecule has 0 amide bonds. The summed E-state index contributed by atoms with van der Waals surface area (Å²) in [6, 6.07) is 0. The molecule has 2 saturated carbocycles. The molecular weight excluding hydrogens is 364 g/mol. The average molecular weight is 390 g/mol. The molecule has 7 nitrogen and oxygen atoms in total. The van der Waals surface area contributed by atoms with Gasteiger partial charge in [0.15, 0.2) is 6.10 Å². The molecule has 4 heterocycles. The highest BCUT2D eigenvalue weighted by atomic mass is 16.7. The van der Waals surface area contributed by atoms with E-state index in [1.54, 1.807) is 0 Å². The zero-order chi connectivity index (χ0) is 19.7. The minimum Gasteiger partial charge on any atom is -0.465 e. The Labute approximate surface area is 163 Å². The van der Waals surface area contributed by atoms with Crippen LogP contribution >= 0.6 is 0 Å². The van der Waals surface area contributed by atoms with Gasteiger partial charge >= 0.3 is 11.9 Å². The Morgan fingerprint density at radius 3 is 2.50 bits per heavy atom. The molecule has 0 radical (unpaired) electrons. The van der Waals surface area contributed by atoms with E-state index >= 15 is 0 Å². The van der Waals surface area contributed by atoms with E-state index in [1.165, 1.54) is 0 Å². The Bertz CT molecular complexity index is 820. The fourth-order valence-corrected chi connectivity index (χ4v) is 8.01. The van der Waals surface area contributed by atoms with E-state index in [1.807, 2.05) is 20.8 Å². The third-order valence-electron chi connectivity index (χ3n) is 9.19. The lowest BCUT2D eigenvalue weighted by molar-refractivity contribution is -0.204. The fraction of sp³-hybridized carbons (Fsp3) is 0.857. The molecule has 7 heteroatoms. The maximum atomic E-state index is 13.7. The van der Waals surface area contributed by atoms with Crippen molar-refractivity contribution in [2.75, 3.05) is 13.2 Å². The van der Waals surface area contributed by atoms with Crippen LogP contribution in [0.25, 0.3) is 0 Å². The van der Waals surface area contributed by atoms with Gasteiger partial charge in [-0.05, 0) is 39.5 Å².